The smallest absolute Gasteiger partial charge is 0.141 e. The van der Waals surface area contributed by atoms with Crippen molar-refractivity contribution in [3.8, 4) is 17.2 Å². The number of rotatable bonds is 4. The van der Waals surface area contributed by atoms with Crippen LogP contribution in [-0.2, 0) is 0 Å². The van der Waals surface area contributed by atoms with Crippen LogP contribution in [0.1, 0.15) is 16.7 Å². The van der Waals surface area contributed by atoms with E-state index in [2.05, 4.69) is 6.07 Å². The summed E-state index contributed by atoms with van der Waals surface area (Å²) >= 11 is 5.06. The first kappa shape index (κ1) is 14.3. The van der Waals surface area contributed by atoms with Gasteiger partial charge in [-0.15, -0.1) is 0 Å². The molecule has 2 N–H and O–H groups in total. The number of aryl methyl sites for hydroxylation is 2. The summed E-state index contributed by atoms with van der Waals surface area (Å²) in [5.41, 5.74) is 8.67. The van der Waals surface area contributed by atoms with E-state index in [1.807, 2.05) is 32.0 Å². The summed E-state index contributed by atoms with van der Waals surface area (Å²) in [6.45, 7) is 4.05. The third kappa shape index (κ3) is 3.08. The molecule has 0 saturated heterocycles. The van der Waals surface area contributed by atoms with Crippen LogP contribution in [0.25, 0.3) is 0 Å². The molecule has 0 bridgehead atoms. The molecule has 0 aromatic heterocycles. The first-order valence-electron chi connectivity index (χ1n) is 6.24. The van der Waals surface area contributed by atoms with Gasteiger partial charge < -0.3 is 15.2 Å². The van der Waals surface area contributed by atoms with E-state index < -0.39 is 0 Å². The number of hydrogen-bond donors (Lipinski definition) is 1. The van der Waals surface area contributed by atoms with Crippen LogP contribution >= 0.6 is 12.2 Å². The fourth-order valence-electron chi connectivity index (χ4n) is 1.95. The van der Waals surface area contributed by atoms with E-state index in [9.17, 15) is 0 Å². The Balaban J connectivity index is 2.43. The van der Waals surface area contributed by atoms with Crippen LogP contribution in [0.2, 0.25) is 0 Å². The minimum absolute atomic E-state index is 0.299. The second-order valence-corrected chi connectivity index (χ2v) is 5.04. The molecule has 0 spiro atoms. The molecule has 4 heteroatoms. The van der Waals surface area contributed by atoms with Crippen LogP contribution in [0.5, 0.6) is 17.2 Å². The summed E-state index contributed by atoms with van der Waals surface area (Å²) in [7, 11) is 1.61. The van der Waals surface area contributed by atoms with Gasteiger partial charge in [-0.05, 0) is 37.6 Å². The standard InChI is InChI=1S/C16H17NO2S/c1-10-4-7-14(11(2)8-10)19-15-9-12(18-3)5-6-13(15)16(17)20/h4-9H,1-3H3,(H2,17,20). The molecule has 20 heavy (non-hydrogen) atoms. The first-order valence-corrected chi connectivity index (χ1v) is 6.65. The predicted molar refractivity (Wildman–Crippen MR) is 84.9 cm³/mol. The molecule has 104 valence electrons. The molecule has 0 aliphatic rings. The summed E-state index contributed by atoms with van der Waals surface area (Å²) in [5.74, 6) is 2.08. The molecule has 0 amide bonds. The van der Waals surface area contributed by atoms with Crippen LogP contribution in [0.15, 0.2) is 36.4 Å². The Morgan fingerprint density at radius 2 is 1.80 bits per heavy atom. The quantitative estimate of drug-likeness (QED) is 0.870. The Bertz CT molecular complexity index is 653. The van der Waals surface area contributed by atoms with E-state index in [1.165, 1.54) is 5.56 Å². The van der Waals surface area contributed by atoms with Gasteiger partial charge in [0.1, 0.15) is 22.2 Å². The topological polar surface area (TPSA) is 44.5 Å². The van der Waals surface area contributed by atoms with Gasteiger partial charge in [0, 0.05) is 6.07 Å². The first-order chi connectivity index (χ1) is 9.51. The third-order valence-electron chi connectivity index (χ3n) is 3.00. The summed E-state index contributed by atoms with van der Waals surface area (Å²) in [5, 5.41) is 0. The van der Waals surface area contributed by atoms with Crippen molar-refractivity contribution < 1.29 is 9.47 Å². The molecule has 0 aliphatic carbocycles. The Labute approximate surface area is 124 Å². The SMILES string of the molecule is COc1ccc(C(N)=S)c(Oc2ccc(C)cc2C)c1. The van der Waals surface area contributed by atoms with Crippen molar-refractivity contribution in [2.45, 2.75) is 13.8 Å². The van der Waals surface area contributed by atoms with Gasteiger partial charge in [0.15, 0.2) is 0 Å². The zero-order valence-corrected chi connectivity index (χ0v) is 12.6. The number of benzene rings is 2. The predicted octanol–water partition coefficient (Wildman–Crippen LogP) is 3.74. The van der Waals surface area contributed by atoms with E-state index in [4.69, 9.17) is 27.4 Å². The molecule has 2 aromatic carbocycles. The molecule has 0 unspecified atom stereocenters. The molecule has 0 radical (unpaired) electrons. The lowest BCUT2D eigenvalue weighted by molar-refractivity contribution is 0.408. The summed E-state index contributed by atoms with van der Waals surface area (Å²) in [6, 6.07) is 11.4. The maximum atomic E-state index is 5.95. The van der Waals surface area contributed by atoms with E-state index in [1.54, 1.807) is 19.2 Å². The average molecular weight is 287 g/mol. The highest BCUT2D eigenvalue weighted by Crippen LogP contribution is 2.31. The molecule has 0 heterocycles. The van der Waals surface area contributed by atoms with Crippen LogP contribution in [0.3, 0.4) is 0 Å². The van der Waals surface area contributed by atoms with Gasteiger partial charge >= 0.3 is 0 Å². The summed E-state index contributed by atoms with van der Waals surface area (Å²) in [4.78, 5) is 0.299. The van der Waals surface area contributed by atoms with Gasteiger partial charge in [0.2, 0.25) is 0 Å². The van der Waals surface area contributed by atoms with E-state index >= 15 is 0 Å². The van der Waals surface area contributed by atoms with Crippen molar-refractivity contribution in [2.75, 3.05) is 7.11 Å². The highest BCUT2D eigenvalue weighted by Gasteiger charge is 2.10. The molecule has 0 fully saturated rings. The number of ether oxygens (including phenoxy) is 2. The van der Waals surface area contributed by atoms with Crippen molar-refractivity contribution in [2.24, 2.45) is 5.73 Å². The lowest BCUT2D eigenvalue weighted by Crippen LogP contribution is -2.11. The number of methoxy groups -OCH3 is 1. The Morgan fingerprint density at radius 1 is 1.05 bits per heavy atom. The van der Waals surface area contributed by atoms with Gasteiger partial charge in [-0.3, -0.25) is 0 Å². The fraction of sp³-hybridized carbons (Fsp3) is 0.188. The summed E-state index contributed by atoms with van der Waals surface area (Å²) in [6.07, 6.45) is 0. The van der Waals surface area contributed by atoms with Crippen LogP contribution in [-0.4, -0.2) is 12.1 Å². The molecule has 2 aromatic rings. The van der Waals surface area contributed by atoms with Crippen molar-refractivity contribution in [1.82, 2.24) is 0 Å². The lowest BCUT2D eigenvalue weighted by Gasteiger charge is -2.14. The maximum absolute atomic E-state index is 5.95. The van der Waals surface area contributed by atoms with Gasteiger partial charge in [-0.25, -0.2) is 0 Å². The molecular weight excluding hydrogens is 270 g/mol. The number of thiocarbonyl (C=S) groups is 1. The van der Waals surface area contributed by atoms with Crippen LogP contribution in [0, 0.1) is 13.8 Å². The van der Waals surface area contributed by atoms with Crippen molar-refractivity contribution in [3.63, 3.8) is 0 Å². The Hall–Kier alpha value is -2.07. The average Bonchev–Trinajstić information content (AvgIpc) is 2.41. The molecule has 0 atom stereocenters. The molecule has 3 nitrogen and oxygen atoms in total. The lowest BCUT2D eigenvalue weighted by atomic mass is 10.1. The Morgan fingerprint density at radius 3 is 2.40 bits per heavy atom. The van der Waals surface area contributed by atoms with E-state index in [0.29, 0.717) is 22.1 Å². The minimum atomic E-state index is 0.299. The van der Waals surface area contributed by atoms with E-state index in [-0.39, 0.29) is 0 Å². The molecule has 0 saturated carbocycles. The second-order valence-electron chi connectivity index (χ2n) is 4.60. The molecular formula is C16H17NO2S. The molecule has 0 aliphatic heterocycles. The second kappa shape index (κ2) is 5.92. The zero-order valence-electron chi connectivity index (χ0n) is 11.8. The molecule has 2 rings (SSSR count). The number of hydrogen-bond acceptors (Lipinski definition) is 3. The van der Waals surface area contributed by atoms with Gasteiger partial charge in [0.05, 0.1) is 12.7 Å². The largest absolute Gasteiger partial charge is 0.497 e. The van der Waals surface area contributed by atoms with Gasteiger partial charge in [-0.2, -0.15) is 0 Å². The van der Waals surface area contributed by atoms with Crippen LogP contribution < -0.4 is 15.2 Å². The van der Waals surface area contributed by atoms with Crippen molar-refractivity contribution in [1.29, 1.82) is 0 Å². The minimum Gasteiger partial charge on any atom is -0.497 e. The van der Waals surface area contributed by atoms with E-state index in [0.717, 1.165) is 11.3 Å². The fourth-order valence-corrected chi connectivity index (χ4v) is 2.12. The van der Waals surface area contributed by atoms with Crippen LogP contribution in [0.4, 0.5) is 0 Å². The van der Waals surface area contributed by atoms with Gasteiger partial charge in [0.25, 0.3) is 0 Å². The van der Waals surface area contributed by atoms with Crippen molar-refractivity contribution in [3.05, 3.63) is 53.1 Å². The van der Waals surface area contributed by atoms with Crippen molar-refractivity contribution >= 4 is 17.2 Å². The number of nitrogens with two attached hydrogens (primary N) is 1. The summed E-state index contributed by atoms with van der Waals surface area (Å²) < 4.78 is 11.2. The Kier molecular flexibility index (Phi) is 4.25. The maximum Gasteiger partial charge on any atom is 0.141 e. The highest BCUT2D eigenvalue weighted by atomic mass is 32.1. The highest BCUT2D eigenvalue weighted by molar-refractivity contribution is 7.80. The van der Waals surface area contributed by atoms with Gasteiger partial charge in [-0.1, -0.05) is 29.9 Å². The monoisotopic (exact) mass is 287 g/mol. The zero-order chi connectivity index (χ0) is 14.7. The normalized spacial score (nSPS) is 10.2. The third-order valence-corrected chi connectivity index (χ3v) is 3.22.